The second kappa shape index (κ2) is 6.10. The Morgan fingerprint density at radius 1 is 0.905 bits per heavy atom. The first kappa shape index (κ1) is 14.5. The Morgan fingerprint density at radius 2 is 1.67 bits per heavy atom. The van der Waals surface area contributed by atoms with Crippen molar-refractivity contribution in [3.8, 4) is 0 Å². The lowest BCUT2D eigenvalue weighted by Gasteiger charge is -2.11. The number of para-hydroxylation sites is 1. The Hall–Kier alpha value is -1.48. The number of halogens is 3. The van der Waals surface area contributed by atoms with Crippen molar-refractivity contribution in [3.05, 3.63) is 69.3 Å². The molecular weight excluding hydrogens is 327 g/mol. The number of anilines is 1. The third kappa shape index (κ3) is 3.08. The molecular formula is C16H11Cl3N2. The molecule has 0 aliphatic heterocycles. The molecule has 1 heterocycles. The lowest BCUT2D eigenvalue weighted by Crippen LogP contribution is -2.01. The predicted octanol–water partition coefficient (Wildman–Crippen LogP) is 5.81. The number of hydrogen-bond acceptors (Lipinski definition) is 2. The van der Waals surface area contributed by atoms with Crippen molar-refractivity contribution in [1.29, 1.82) is 0 Å². The first-order valence-corrected chi connectivity index (χ1v) is 7.49. The molecule has 0 atom stereocenters. The van der Waals surface area contributed by atoms with E-state index in [0.29, 0.717) is 21.6 Å². The van der Waals surface area contributed by atoms with Gasteiger partial charge in [-0.2, -0.15) is 0 Å². The van der Waals surface area contributed by atoms with E-state index in [1.807, 2.05) is 24.3 Å². The number of rotatable bonds is 3. The lowest BCUT2D eigenvalue weighted by molar-refractivity contribution is 1.16. The quantitative estimate of drug-likeness (QED) is 0.610. The lowest BCUT2D eigenvalue weighted by atomic mass is 10.1. The second-order valence-electron chi connectivity index (χ2n) is 4.59. The fourth-order valence-corrected chi connectivity index (χ4v) is 2.77. The highest BCUT2D eigenvalue weighted by molar-refractivity contribution is 6.44. The van der Waals surface area contributed by atoms with Gasteiger partial charge in [-0.3, -0.25) is 4.98 Å². The monoisotopic (exact) mass is 336 g/mol. The molecule has 0 unspecified atom stereocenters. The normalized spacial score (nSPS) is 10.8. The van der Waals surface area contributed by atoms with E-state index in [-0.39, 0.29) is 0 Å². The van der Waals surface area contributed by atoms with Gasteiger partial charge < -0.3 is 5.32 Å². The maximum Gasteiger partial charge on any atom is 0.0705 e. The van der Waals surface area contributed by atoms with E-state index in [1.165, 1.54) is 0 Å². The summed E-state index contributed by atoms with van der Waals surface area (Å²) in [6.45, 7) is 0.626. The fourth-order valence-electron chi connectivity index (χ4n) is 2.16. The molecule has 1 aromatic heterocycles. The van der Waals surface area contributed by atoms with E-state index in [0.717, 1.165) is 22.2 Å². The van der Waals surface area contributed by atoms with Gasteiger partial charge in [0.2, 0.25) is 0 Å². The van der Waals surface area contributed by atoms with E-state index < -0.39 is 0 Å². The van der Waals surface area contributed by atoms with E-state index in [2.05, 4.69) is 16.4 Å². The van der Waals surface area contributed by atoms with Crippen molar-refractivity contribution in [2.24, 2.45) is 0 Å². The number of aromatic nitrogens is 1. The standard InChI is InChI=1S/C16H11Cl3N2/c17-12-7-14(19)16(8-13(12)18)21-9-10-5-6-20-15-4-2-1-3-11(10)15/h1-8,21H,9H2. The van der Waals surface area contributed by atoms with Gasteiger partial charge in [-0.05, 0) is 29.8 Å². The zero-order chi connectivity index (χ0) is 14.8. The Balaban J connectivity index is 1.89. The average Bonchev–Trinajstić information content (AvgIpc) is 2.49. The van der Waals surface area contributed by atoms with Crippen LogP contribution in [0.5, 0.6) is 0 Å². The molecule has 0 amide bonds. The molecule has 2 aromatic carbocycles. The summed E-state index contributed by atoms with van der Waals surface area (Å²) in [6.07, 6.45) is 1.80. The van der Waals surface area contributed by atoms with Gasteiger partial charge in [0.05, 0.1) is 26.3 Å². The molecule has 0 aliphatic carbocycles. The van der Waals surface area contributed by atoms with Crippen LogP contribution in [0.2, 0.25) is 15.1 Å². The molecule has 0 spiro atoms. The summed E-state index contributed by atoms with van der Waals surface area (Å²) in [5.41, 5.74) is 2.87. The zero-order valence-electron chi connectivity index (χ0n) is 10.9. The Labute approximate surface area is 137 Å². The minimum atomic E-state index is 0.446. The van der Waals surface area contributed by atoms with Crippen LogP contribution in [0.25, 0.3) is 10.9 Å². The highest BCUT2D eigenvalue weighted by Gasteiger charge is 2.07. The van der Waals surface area contributed by atoms with E-state index in [4.69, 9.17) is 34.8 Å². The third-order valence-corrected chi connectivity index (χ3v) is 4.25. The van der Waals surface area contributed by atoms with E-state index in [1.54, 1.807) is 18.3 Å². The molecule has 3 aromatic rings. The van der Waals surface area contributed by atoms with Crippen LogP contribution < -0.4 is 5.32 Å². The summed E-state index contributed by atoms with van der Waals surface area (Å²) in [4.78, 5) is 4.35. The van der Waals surface area contributed by atoms with E-state index >= 15 is 0 Å². The van der Waals surface area contributed by atoms with Crippen molar-refractivity contribution >= 4 is 51.4 Å². The number of fused-ring (bicyclic) bond motifs is 1. The molecule has 3 rings (SSSR count). The summed E-state index contributed by atoms with van der Waals surface area (Å²) < 4.78 is 0. The molecule has 0 fully saturated rings. The van der Waals surface area contributed by atoms with Gasteiger partial charge in [0.25, 0.3) is 0 Å². The highest BCUT2D eigenvalue weighted by atomic mass is 35.5. The third-order valence-electron chi connectivity index (χ3n) is 3.22. The summed E-state index contributed by atoms with van der Waals surface area (Å²) >= 11 is 18.1. The van der Waals surface area contributed by atoms with Gasteiger partial charge in [0.1, 0.15) is 0 Å². The van der Waals surface area contributed by atoms with Gasteiger partial charge in [-0.1, -0.05) is 53.0 Å². The molecule has 1 N–H and O–H groups in total. The van der Waals surface area contributed by atoms with Crippen LogP contribution in [0.1, 0.15) is 5.56 Å². The highest BCUT2D eigenvalue weighted by Crippen LogP contribution is 2.32. The van der Waals surface area contributed by atoms with Gasteiger partial charge in [0, 0.05) is 18.1 Å². The van der Waals surface area contributed by atoms with Crippen LogP contribution in [0.4, 0.5) is 5.69 Å². The van der Waals surface area contributed by atoms with Gasteiger partial charge >= 0.3 is 0 Å². The Kier molecular flexibility index (Phi) is 4.20. The van der Waals surface area contributed by atoms with Crippen LogP contribution in [0.15, 0.2) is 48.7 Å². The van der Waals surface area contributed by atoms with Crippen molar-refractivity contribution in [3.63, 3.8) is 0 Å². The largest absolute Gasteiger partial charge is 0.380 e. The van der Waals surface area contributed by atoms with Crippen molar-refractivity contribution in [2.45, 2.75) is 6.54 Å². The second-order valence-corrected chi connectivity index (χ2v) is 5.81. The SMILES string of the molecule is Clc1cc(Cl)c(NCc2ccnc3ccccc23)cc1Cl. The number of benzene rings is 2. The van der Waals surface area contributed by atoms with Crippen LogP contribution in [-0.4, -0.2) is 4.98 Å². The number of pyridine rings is 1. The number of nitrogens with zero attached hydrogens (tertiary/aromatic N) is 1. The van der Waals surface area contributed by atoms with Gasteiger partial charge in [0.15, 0.2) is 0 Å². The molecule has 21 heavy (non-hydrogen) atoms. The van der Waals surface area contributed by atoms with Crippen molar-refractivity contribution < 1.29 is 0 Å². The van der Waals surface area contributed by atoms with Crippen LogP contribution in [0, 0.1) is 0 Å². The van der Waals surface area contributed by atoms with E-state index in [9.17, 15) is 0 Å². The molecule has 2 nitrogen and oxygen atoms in total. The summed E-state index contributed by atoms with van der Waals surface area (Å²) in [7, 11) is 0. The zero-order valence-corrected chi connectivity index (χ0v) is 13.2. The fraction of sp³-hybridized carbons (Fsp3) is 0.0625. The molecule has 0 radical (unpaired) electrons. The number of hydrogen-bond donors (Lipinski definition) is 1. The van der Waals surface area contributed by atoms with Crippen LogP contribution in [0.3, 0.4) is 0 Å². The van der Waals surface area contributed by atoms with Gasteiger partial charge in [-0.25, -0.2) is 0 Å². The van der Waals surface area contributed by atoms with Crippen LogP contribution in [-0.2, 0) is 6.54 Å². The van der Waals surface area contributed by atoms with Crippen LogP contribution >= 0.6 is 34.8 Å². The van der Waals surface area contributed by atoms with Crippen molar-refractivity contribution in [1.82, 2.24) is 4.98 Å². The number of nitrogens with one attached hydrogen (secondary N) is 1. The maximum atomic E-state index is 6.17. The Bertz CT molecular complexity index is 797. The maximum absolute atomic E-state index is 6.17. The smallest absolute Gasteiger partial charge is 0.0705 e. The minimum absolute atomic E-state index is 0.446. The molecule has 5 heteroatoms. The first-order chi connectivity index (χ1) is 10.1. The molecule has 0 bridgehead atoms. The molecule has 0 saturated heterocycles. The summed E-state index contributed by atoms with van der Waals surface area (Å²) in [6, 6.07) is 13.4. The predicted molar refractivity (Wildman–Crippen MR) is 90.5 cm³/mol. The minimum Gasteiger partial charge on any atom is -0.380 e. The molecule has 0 aliphatic rings. The molecule has 106 valence electrons. The average molecular weight is 338 g/mol. The van der Waals surface area contributed by atoms with Crippen molar-refractivity contribution in [2.75, 3.05) is 5.32 Å². The first-order valence-electron chi connectivity index (χ1n) is 6.36. The summed E-state index contributed by atoms with van der Waals surface area (Å²) in [5, 5.41) is 5.87. The molecule has 0 saturated carbocycles. The van der Waals surface area contributed by atoms with Gasteiger partial charge in [-0.15, -0.1) is 0 Å². The topological polar surface area (TPSA) is 24.9 Å². The summed E-state index contributed by atoms with van der Waals surface area (Å²) in [5.74, 6) is 0. The Morgan fingerprint density at radius 3 is 2.52 bits per heavy atom.